The van der Waals surface area contributed by atoms with Gasteiger partial charge in [0.15, 0.2) is 0 Å². The van der Waals surface area contributed by atoms with Gasteiger partial charge in [0.25, 0.3) is 0 Å². The van der Waals surface area contributed by atoms with Gasteiger partial charge in [-0.3, -0.25) is 4.79 Å². The molecule has 1 rings (SSSR count). The number of benzene rings is 1. The summed E-state index contributed by atoms with van der Waals surface area (Å²) in [6.07, 6.45) is 2.91. The number of methoxy groups -OCH3 is 1. The smallest absolute Gasteiger partial charge is 0.313 e. The van der Waals surface area contributed by atoms with Gasteiger partial charge in [-0.25, -0.2) is 0 Å². The SMILES string of the molecule is CCCCC(C(=O)OC)c1ccc(Cl)cc1. The van der Waals surface area contributed by atoms with Gasteiger partial charge < -0.3 is 4.74 Å². The Kier molecular flexibility index (Phi) is 5.33. The molecule has 0 aromatic heterocycles. The molecule has 3 heteroatoms. The molecule has 0 fully saturated rings. The zero-order chi connectivity index (χ0) is 12.0. The van der Waals surface area contributed by atoms with Crippen molar-refractivity contribution in [1.29, 1.82) is 0 Å². The number of hydrogen-bond acceptors (Lipinski definition) is 2. The van der Waals surface area contributed by atoms with E-state index in [1.165, 1.54) is 7.11 Å². The van der Waals surface area contributed by atoms with Crippen LogP contribution in [0.2, 0.25) is 5.02 Å². The van der Waals surface area contributed by atoms with Crippen LogP contribution < -0.4 is 0 Å². The molecule has 1 aromatic carbocycles. The first-order valence-electron chi connectivity index (χ1n) is 5.52. The fraction of sp³-hybridized carbons (Fsp3) is 0.462. The van der Waals surface area contributed by atoms with E-state index in [9.17, 15) is 4.79 Å². The highest BCUT2D eigenvalue weighted by molar-refractivity contribution is 6.30. The van der Waals surface area contributed by atoms with Crippen LogP contribution in [0, 0.1) is 0 Å². The van der Waals surface area contributed by atoms with Crippen molar-refractivity contribution in [2.24, 2.45) is 0 Å². The predicted octanol–water partition coefficient (Wildman–Crippen LogP) is 3.79. The third-order valence-electron chi connectivity index (χ3n) is 2.60. The van der Waals surface area contributed by atoms with Crippen LogP contribution >= 0.6 is 11.6 Å². The molecule has 1 unspecified atom stereocenters. The number of ether oxygens (including phenoxy) is 1. The molecule has 0 bridgehead atoms. The number of carbonyl (C=O) groups excluding carboxylic acids is 1. The summed E-state index contributed by atoms with van der Waals surface area (Å²) in [5.74, 6) is -0.335. The third-order valence-corrected chi connectivity index (χ3v) is 2.86. The van der Waals surface area contributed by atoms with Crippen LogP contribution in [0.1, 0.15) is 37.7 Å². The van der Waals surface area contributed by atoms with Crippen molar-refractivity contribution in [2.75, 3.05) is 7.11 Å². The Hall–Kier alpha value is -1.02. The molecule has 2 nitrogen and oxygen atoms in total. The van der Waals surface area contributed by atoms with E-state index >= 15 is 0 Å². The average Bonchev–Trinajstić information content (AvgIpc) is 2.31. The average molecular weight is 241 g/mol. The van der Waals surface area contributed by atoms with Gasteiger partial charge in [0, 0.05) is 5.02 Å². The lowest BCUT2D eigenvalue weighted by Crippen LogP contribution is -2.14. The summed E-state index contributed by atoms with van der Waals surface area (Å²) in [6.45, 7) is 2.11. The lowest BCUT2D eigenvalue weighted by atomic mass is 9.94. The molecule has 16 heavy (non-hydrogen) atoms. The lowest BCUT2D eigenvalue weighted by molar-refractivity contribution is -0.142. The maximum absolute atomic E-state index is 11.6. The minimum absolute atomic E-state index is 0.165. The van der Waals surface area contributed by atoms with Crippen molar-refractivity contribution in [3.8, 4) is 0 Å². The van der Waals surface area contributed by atoms with Gasteiger partial charge in [-0.2, -0.15) is 0 Å². The highest BCUT2D eigenvalue weighted by atomic mass is 35.5. The second kappa shape index (κ2) is 6.54. The van der Waals surface area contributed by atoms with E-state index in [2.05, 4.69) is 6.92 Å². The second-order valence-electron chi connectivity index (χ2n) is 3.77. The molecule has 0 spiro atoms. The summed E-state index contributed by atoms with van der Waals surface area (Å²) in [6, 6.07) is 7.39. The molecular weight excluding hydrogens is 224 g/mol. The molecule has 0 aliphatic heterocycles. The Bertz CT molecular complexity index is 332. The summed E-state index contributed by atoms with van der Waals surface area (Å²) in [5.41, 5.74) is 0.977. The Morgan fingerprint density at radius 2 is 2.00 bits per heavy atom. The van der Waals surface area contributed by atoms with Crippen molar-refractivity contribution < 1.29 is 9.53 Å². The fourth-order valence-corrected chi connectivity index (χ4v) is 1.79. The number of rotatable bonds is 5. The van der Waals surface area contributed by atoms with Gasteiger partial charge in [-0.05, 0) is 24.1 Å². The fourth-order valence-electron chi connectivity index (χ4n) is 1.67. The zero-order valence-electron chi connectivity index (χ0n) is 9.70. The van der Waals surface area contributed by atoms with Crippen LogP contribution in [0.15, 0.2) is 24.3 Å². The van der Waals surface area contributed by atoms with E-state index in [4.69, 9.17) is 16.3 Å². The van der Waals surface area contributed by atoms with Crippen molar-refractivity contribution in [3.05, 3.63) is 34.9 Å². The van der Waals surface area contributed by atoms with Gasteiger partial charge in [0.05, 0.1) is 13.0 Å². The van der Waals surface area contributed by atoms with Crippen molar-refractivity contribution >= 4 is 17.6 Å². The third kappa shape index (κ3) is 3.53. The van der Waals surface area contributed by atoms with Crippen molar-refractivity contribution in [1.82, 2.24) is 0 Å². The van der Waals surface area contributed by atoms with E-state index in [-0.39, 0.29) is 11.9 Å². The van der Waals surface area contributed by atoms with Crippen LogP contribution in [0.25, 0.3) is 0 Å². The zero-order valence-corrected chi connectivity index (χ0v) is 10.5. The van der Waals surface area contributed by atoms with Crippen LogP contribution in [0.5, 0.6) is 0 Å². The monoisotopic (exact) mass is 240 g/mol. The molecule has 0 N–H and O–H groups in total. The molecule has 0 saturated heterocycles. The molecule has 0 heterocycles. The second-order valence-corrected chi connectivity index (χ2v) is 4.21. The summed E-state index contributed by atoms with van der Waals surface area (Å²) >= 11 is 5.82. The Balaban J connectivity index is 2.82. The summed E-state index contributed by atoms with van der Waals surface area (Å²) in [5, 5.41) is 0.683. The van der Waals surface area contributed by atoms with E-state index in [0.29, 0.717) is 5.02 Å². The van der Waals surface area contributed by atoms with E-state index in [0.717, 1.165) is 24.8 Å². The Morgan fingerprint density at radius 3 is 2.50 bits per heavy atom. The molecule has 1 atom stereocenters. The number of halogens is 1. The minimum Gasteiger partial charge on any atom is -0.469 e. The predicted molar refractivity (Wildman–Crippen MR) is 65.7 cm³/mol. The normalized spacial score (nSPS) is 12.2. The first kappa shape index (κ1) is 13.0. The number of esters is 1. The molecule has 0 amide bonds. The quantitative estimate of drug-likeness (QED) is 0.732. The van der Waals surface area contributed by atoms with Gasteiger partial charge >= 0.3 is 5.97 Å². The van der Waals surface area contributed by atoms with Gasteiger partial charge in [-0.15, -0.1) is 0 Å². The van der Waals surface area contributed by atoms with Gasteiger partial charge in [0.1, 0.15) is 0 Å². The van der Waals surface area contributed by atoms with Gasteiger partial charge in [-0.1, -0.05) is 43.5 Å². The first-order valence-corrected chi connectivity index (χ1v) is 5.90. The van der Waals surface area contributed by atoms with E-state index < -0.39 is 0 Å². The lowest BCUT2D eigenvalue weighted by Gasteiger charge is -2.14. The molecule has 1 aromatic rings. The standard InChI is InChI=1S/C13H17ClO2/c1-3-4-5-12(13(15)16-2)10-6-8-11(14)9-7-10/h6-9,12H,3-5H2,1-2H3. The molecular formula is C13H17ClO2. The number of hydrogen-bond donors (Lipinski definition) is 0. The Labute approximate surface area is 102 Å². The maximum atomic E-state index is 11.6. The maximum Gasteiger partial charge on any atom is 0.313 e. The molecule has 0 aliphatic rings. The van der Waals surface area contributed by atoms with Crippen LogP contribution in [-0.2, 0) is 9.53 Å². The molecule has 88 valence electrons. The van der Waals surface area contributed by atoms with Crippen molar-refractivity contribution in [3.63, 3.8) is 0 Å². The molecule has 0 saturated carbocycles. The van der Waals surface area contributed by atoms with Crippen LogP contribution in [0.3, 0.4) is 0 Å². The topological polar surface area (TPSA) is 26.3 Å². The first-order chi connectivity index (χ1) is 7.69. The number of unbranched alkanes of at least 4 members (excludes halogenated alkanes) is 1. The molecule has 0 radical (unpaired) electrons. The van der Waals surface area contributed by atoms with Crippen molar-refractivity contribution in [2.45, 2.75) is 32.1 Å². The van der Waals surface area contributed by atoms with Gasteiger partial charge in [0.2, 0.25) is 0 Å². The molecule has 0 aliphatic carbocycles. The highest BCUT2D eigenvalue weighted by Crippen LogP contribution is 2.24. The van der Waals surface area contributed by atoms with E-state index in [1.54, 1.807) is 12.1 Å². The summed E-state index contributed by atoms with van der Waals surface area (Å²) in [7, 11) is 1.43. The summed E-state index contributed by atoms with van der Waals surface area (Å²) < 4.78 is 4.82. The van der Waals surface area contributed by atoms with E-state index in [1.807, 2.05) is 12.1 Å². The minimum atomic E-state index is -0.171. The largest absolute Gasteiger partial charge is 0.469 e. The summed E-state index contributed by atoms with van der Waals surface area (Å²) in [4.78, 5) is 11.6. The highest BCUT2D eigenvalue weighted by Gasteiger charge is 2.20. The Morgan fingerprint density at radius 1 is 1.38 bits per heavy atom. The van der Waals surface area contributed by atoms with Crippen LogP contribution in [-0.4, -0.2) is 13.1 Å². The van der Waals surface area contributed by atoms with Crippen LogP contribution in [0.4, 0.5) is 0 Å². The number of carbonyl (C=O) groups is 1.